The summed E-state index contributed by atoms with van der Waals surface area (Å²) in [5.74, 6) is 0.285. The number of aryl methyl sites for hydroxylation is 1. The molecule has 0 aliphatic carbocycles. The first-order chi connectivity index (χ1) is 8.43. The van der Waals surface area contributed by atoms with E-state index in [1.165, 1.54) is 11.0 Å². The molecule has 94 valence electrons. The van der Waals surface area contributed by atoms with Crippen molar-refractivity contribution in [1.82, 2.24) is 19.7 Å². The van der Waals surface area contributed by atoms with Crippen LogP contribution in [0.3, 0.4) is 0 Å². The lowest BCUT2D eigenvalue weighted by Gasteiger charge is -2.03. The second-order valence-electron chi connectivity index (χ2n) is 3.56. The van der Waals surface area contributed by atoms with Crippen LogP contribution < -0.4 is 5.56 Å². The van der Waals surface area contributed by atoms with Crippen LogP contribution in [0.5, 0.6) is 0 Å². The Hall–Kier alpha value is -1.78. The van der Waals surface area contributed by atoms with Crippen LogP contribution >= 0.6 is 22.6 Å². The van der Waals surface area contributed by atoms with Crippen LogP contribution in [-0.2, 0) is 0 Å². The topological polar surface area (TPSA) is 107 Å². The van der Waals surface area contributed by atoms with Crippen LogP contribution in [0.15, 0.2) is 11.1 Å². The molecule has 0 radical (unpaired) electrons. The zero-order chi connectivity index (χ0) is 13.4. The number of nitrogens with one attached hydrogen (secondary N) is 1. The predicted molar refractivity (Wildman–Crippen MR) is 70.8 cm³/mol. The highest BCUT2D eigenvalue weighted by molar-refractivity contribution is 14.1. The van der Waals surface area contributed by atoms with Gasteiger partial charge in [-0.3, -0.25) is 14.9 Å². The third-order valence-corrected chi connectivity index (χ3v) is 3.39. The highest BCUT2D eigenvalue weighted by Crippen LogP contribution is 2.24. The van der Waals surface area contributed by atoms with E-state index >= 15 is 0 Å². The van der Waals surface area contributed by atoms with E-state index in [0.717, 1.165) is 0 Å². The van der Waals surface area contributed by atoms with Crippen molar-refractivity contribution in [2.75, 3.05) is 0 Å². The number of H-pyrrole nitrogens is 1. The average Bonchev–Trinajstić information content (AvgIpc) is 2.58. The van der Waals surface area contributed by atoms with E-state index in [2.05, 4.69) is 15.1 Å². The largest absolute Gasteiger partial charge is 0.313 e. The third kappa shape index (κ3) is 1.89. The summed E-state index contributed by atoms with van der Waals surface area (Å²) in [6.45, 7) is 3.11. The van der Waals surface area contributed by atoms with E-state index in [1.54, 1.807) is 13.8 Å². The Morgan fingerprint density at radius 1 is 1.50 bits per heavy atom. The van der Waals surface area contributed by atoms with Crippen molar-refractivity contribution < 1.29 is 4.92 Å². The molecule has 0 saturated heterocycles. The molecule has 0 aromatic carbocycles. The smallest absolute Gasteiger partial charge is 0.312 e. The molecule has 0 atom stereocenters. The molecular weight excluding hydrogens is 353 g/mol. The SMILES string of the molecule is Cc1nn(-c2nc[nH]c(=O)c2I)c(C)c1[N+](=O)[O-]. The van der Waals surface area contributed by atoms with Gasteiger partial charge in [-0.15, -0.1) is 0 Å². The molecule has 2 rings (SSSR count). The Bertz CT molecular complexity index is 690. The number of halogens is 1. The van der Waals surface area contributed by atoms with E-state index < -0.39 is 4.92 Å². The van der Waals surface area contributed by atoms with Gasteiger partial charge in [0.25, 0.3) is 5.56 Å². The molecule has 0 saturated carbocycles. The van der Waals surface area contributed by atoms with Crippen molar-refractivity contribution in [3.8, 4) is 5.82 Å². The Balaban J connectivity index is 2.73. The molecule has 0 aliphatic heterocycles. The Kier molecular flexibility index (Phi) is 3.15. The molecule has 8 nitrogen and oxygen atoms in total. The first-order valence-electron chi connectivity index (χ1n) is 4.87. The van der Waals surface area contributed by atoms with Gasteiger partial charge < -0.3 is 4.98 Å². The fourth-order valence-electron chi connectivity index (χ4n) is 1.63. The minimum atomic E-state index is -0.492. The van der Waals surface area contributed by atoms with Gasteiger partial charge in [-0.1, -0.05) is 0 Å². The van der Waals surface area contributed by atoms with Crippen molar-refractivity contribution in [3.63, 3.8) is 0 Å². The number of nitrogens with zero attached hydrogens (tertiary/aromatic N) is 4. The number of hydrogen-bond donors (Lipinski definition) is 1. The summed E-state index contributed by atoms with van der Waals surface area (Å²) in [6.07, 6.45) is 1.24. The zero-order valence-electron chi connectivity index (χ0n) is 9.47. The molecule has 18 heavy (non-hydrogen) atoms. The lowest BCUT2D eigenvalue weighted by atomic mass is 10.3. The summed E-state index contributed by atoms with van der Waals surface area (Å²) in [5, 5.41) is 15.0. The summed E-state index contributed by atoms with van der Waals surface area (Å²) in [5.41, 5.74) is 0.257. The average molecular weight is 361 g/mol. The minimum Gasteiger partial charge on any atom is -0.312 e. The zero-order valence-corrected chi connectivity index (χ0v) is 11.6. The first-order valence-corrected chi connectivity index (χ1v) is 5.95. The van der Waals surface area contributed by atoms with Gasteiger partial charge in [-0.2, -0.15) is 5.10 Å². The van der Waals surface area contributed by atoms with Gasteiger partial charge in [-0.25, -0.2) is 9.67 Å². The second kappa shape index (κ2) is 4.48. The van der Waals surface area contributed by atoms with E-state index in [4.69, 9.17) is 0 Å². The number of nitro groups is 1. The van der Waals surface area contributed by atoms with Crippen LogP contribution in [0.25, 0.3) is 5.82 Å². The number of rotatable bonds is 2. The number of aromatic amines is 1. The molecule has 1 N–H and O–H groups in total. The van der Waals surface area contributed by atoms with Gasteiger partial charge >= 0.3 is 5.69 Å². The van der Waals surface area contributed by atoms with Crippen LogP contribution in [-0.4, -0.2) is 24.7 Å². The van der Waals surface area contributed by atoms with Crippen molar-refractivity contribution in [1.29, 1.82) is 0 Å². The van der Waals surface area contributed by atoms with E-state index in [1.807, 2.05) is 22.6 Å². The number of hydrogen-bond acceptors (Lipinski definition) is 5. The van der Waals surface area contributed by atoms with Crippen LogP contribution in [0.4, 0.5) is 5.69 Å². The molecule has 0 unspecified atom stereocenters. The van der Waals surface area contributed by atoms with Gasteiger partial charge in [-0.05, 0) is 36.4 Å². The molecule has 2 aromatic rings. The fourth-order valence-corrected chi connectivity index (χ4v) is 2.15. The molecule has 2 aromatic heterocycles. The van der Waals surface area contributed by atoms with Crippen LogP contribution in [0.1, 0.15) is 11.4 Å². The molecule has 0 bridgehead atoms. The summed E-state index contributed by atoms with van der Waals surface area (Å²) in [4.78, 5) is 28.3. The molecule has 0 fully saturated rings. The van der Waals surface area contributed by atoms with Crippen molar-refractivity contribution in [2.24, 2.45) is 0 Å². The summed E-state index contributed by atoms with van der Waals surface area (Å²) in [7, 11) is 0. The molecule has 0 amide bonds. The second-order valence-corrected chi connectivity index (χ2v) is 4.64. The van der Waals surface area contributed by atoms with Gasteiger partial charge in [0, 0.05) is 0 Å². The third-order valence-electron chi connectivity index (χ3n) is 2.41. The van der Waals surface area contributed by atoms with Crippen molar-refractivity contribution in [3.05, 3.63) is 41.8 Å². The van der Waals surface area contributed by atoms with Gasteiger partial charge in [0.1, 0.15) is 15.0 Å². The maximum Gasteiger partial charge on any atom is 0.313 e. The Morgan fingerprint density at radius 2 is 2.17 bits per heavy atom. The quantitative estimate of drug-likeness (QED) is 0.490. The molecule has 2 heterocycles. The molecule has 9 heteroatoms. The number of aromatic nitrogens is 4. The first kappa shape index (κ1) is 12.7. The van der Waals surface area contributed by atoms with Gasteiger partial charge in [0.05, 0.1) is 11.3 Å². The lowest BCUT2D eigenvalue weighted by Crippen LogP contribution is -2.16. The summed E-state index contributed by atoms with van der Waals surface area (Å²) < 4.78 is 1.64. The normalized spacial score (nSPS) is 10.6. The maximum absolute atomic E-state index is 11.5. The summed E-state index contributed by atoms with van der Waals surface area (Å²) in [6, 6.07) is 0. The van der Waals surface area contributed by atoms with Crippen LogP contribution in [0.2, 0.25) is 0 Å². The Labute approximate surface area is 114 Å². The van der Waals surface area contributed by atoms with Crippen molar-refractivity contribution >= 4 is 28.3 Å². The van der Waals surface area contributed by atoms with Gasteiger partial charge in [0.15, 0.2) is 5.82 Å². The minimum absolute atomic E-state index is 0.0621. The molecule has 0 spiro atoms. The molecular formula is C9H8IN5O3. The predicted octanol–water partition coefficient (Wildman–Crippen LogP) is 1.09. The lowest BCUT2D eigenvalue weighted by molar-refractivity contribution is -0.386. The summed E-state index contributed by atoms with van der Waals surface area (Å²) >= 11 is 1.83. The van der Waals surface area contributed by atoms with Crippen molar-refractivity contribution in [2.45, 2.75) is 13.8 Å². The highest BCUT2D eigenvalue weighted by atomic mass is 127. The van der Waals surface area contributed by atoms with Crippen LogP contribution in [0, 0.1) is 27.5 Å². The highest BCUT2D eigenvalue weighted by Gasteiger charge is 2.24. The van der Waals surface area contributed by atoms with Gasteiger partial charge in [0.2, 0.25) is 0 Å². The van der Waals surface area contributed by atoms with E-state index in [-0.39, 0.29) is 22.8 Å². The maximum atomic E-state index is 11.5. The standard InChI is InChI=1S/C9H8IN5O3/c1-4-7(15(17)18)5(2)14(13-4)8-6(10)9(16)12-3-11-8/h3H,1-2H3,(H,11,12,16). The fraction of sp³-hybridized carbons (Fsp3) is 0.222. The van der Waals surface area contributed by atoms with E-state index in [9.17, 15) is 14.9 Å². The van der Waals surface area contributed by atoms with E-state index in [0.29, 0.717) is 9.26 Å². The monoisotopic (exact) mass is 361 g/mol. The molecule has 0 aliphatic rings. The Morgan fingerprint density at radius 3 is 2.72 bits per heavy atom.